The molecule has 0 radical (unpaired) electrons. The molecule has 0 fully saturated rings. The Kier molecular flexibility index (Phi) is 4.03. The van der Waals surface area contributed by atoms with Gasteiger partial charge < -0.3 is 15.5 Å². The minimum atomic E-state index is -5.15. The van der Waals surface area contributed by atoms with Crippen LogP contribution in [0.1, 0.15) is 12.5 Å². The summed E-state index contributed by atoms with van der Waals surface area (Å²) < 4.78 is 44.8. The molecule has 0 amide bonds. The zero-order chi connectivity index (χ0) is 17.4. The van der Waals surface area contributed by atoms with Gasteiger partial charge in [-0.2, -0.15) is 13.2 Å². The van der Waals surface area contributed by atoms with E-state index in [1.165, 1.54) is 13.0 Å². The molecule has 0 aliphatic rings. The van der Waals surface area contributed by atoms with Crippen molar-refractivity contribution < 1.29 is 27.6 Å². The Morgan fingerprint density at radius 3 is 2.61 bits per heavy atom. The highest BCUT2D eigenvalue weighted by atomic mass is 19.4. The number of aromatic nitrogens is 1. The number of fused-ring (bicyclic) bond motifs is 1. The van der Waals surface area contributed by atoms with Crippen LogP contribution in [-0.2, 0) is 15.1 Å². The summed E-state index contributed by atoms with van der Waals surface area (Å²) in [5.74, 6) is -1.68. The van der Waals surface area contributed by atoms with E-state index in [-0.39, 0.29) is 17.5 Å². The number of non-ortho nitro benzene ring substituents is 1. The number of carbonyl (C=O) groups excluding carboxylic acids is 1. The second-order valence-electron chi connectivity index (χ2n) is 4.72. The Balaban J connectivity index is 2.73. The summed E-state index contributed by atoms with van der Waals surface area (Å²) in [6.45, 7) is 1.05. The number of benzene rings is 1. The summed E-state index contributed by atoms with van der Waals surface area (Å²) in [5, 5.41) is 10.6. The zero-order valence-electron chi connectivity index (χ0n) is 11.8. The molecule has 2 aromatic rings. The summed E-state index contributed by atoms with van der Waals surface area (Å²) in [7, 11) is 0. The van der Waals surface area contributed by atoms with Gasteiger partial charge in [-0.15, -0.1) is 0 Å². The molecule has 1 heterocycles. The van der Waals surface area contributed by atoms with Crippen molar-refractivity contribution in [3.63, 3.8) is 0 Å². The second-order valence-corrected chi connectivity index (χ2v) is 4.72. The molecular weight excluding hydrogens is 319 g/mol. The van der Waals surface area contributed by atoms with Gasteiger partial charge in [0.05, 0.1) is 11.5 Å². The first-order valence-electron chi connectivity index (χ1n) is 6.41. The Morgan fingerprint density at radius 1 is 1.43 bits per heavy atom. The van der Waals surface area contributed by atoms with Crippen LogP contribution in [0.3, 0.4) is 0 Å². The molecule has 1 aromatic heterocycles. The van der Waals surface area contributed by atoms with Crippen LogP contribution < -0.4 is 5.73 Å². The highest BCUT2D eigenvalue weighted by Gasteiger charge is 2.61. The van der Waals surface area contributed by atoms with Gasteiger partial charge in [-0.05, 0) is 13.0 Å². The molecule has 0 spiro atoms. The van der Waals surface area contributed by atoms with Crippen LogP contribution in [0.2, 0.25) is 0 Å². The molecule has 10 heteroatoms. The third kappa shape index (κ3) is 2.61. The first kappa shape index (κ1) is 16.7. The fourth-order valence-electron chi connectivity index (χ4n) is 2.17. The first-order chi connectivity index (χ1) is 10.6. The van der Waals surface area contributed by atoms with Gasteiger partial charge in [0.1, 0.15) is 0 Å². The number of carbonyl (C=O) groups is 1. The molecule has 0 saturated heterocycles. The molecule has 1 unspecified atom stereocenters. The average molecular weight is 331 g/mol. The summed E-state index contributed by atoms with van der Waals surface area (Å²) in [4.78, 5) is 24.4. The van der Waals surface area contributed by atoms with Crippen molar-refractivity contribution in [2.75, 3.05) is 6.61 Å². The van der Waals surface area contributed by atoms with E-state index >= 15 is 0 Å². The molecule has 0 aliphatic carbocycles. The minimum Gasteiger partial charge on any atom is -0.464 e. The number of nitrogens with zero attached hydrogens (tertiary/aromatic N) is 1. The third-order valence-electron chi connectivity index (χ3n) is 3.35. The molecule has 124 valence electrons. The number of nitrogens with two attached hydrogens (primary N) is 1. The molecule has 0 bridgehead atoms. The van der Waals surface area contributed by atoms with E-state index in [0.717, 1.165) is 18.3 Å². The predicted molar refractivity (Wildman–Crippen MR) is 73.5 cm³/mol. The van der Waals surface area contributed by atoms with Crippen LogP contribution in [0.15, 0.2) is 24.4 Å². The van der Waals surface area contributed by atoms with Crippen LogP contribution in [0.5, 0.6) is 0 Å². The highest BCUT2D eigenvalue weighted by Crippen LogP contribution is 2.41. The van der Waals surface area contributed by atoms with Crippen LogP contribution in [0.25, 0.3) is 10.9 Å². The fraction of sp³-hybridized carbons (Fsp3) is 0.308. The molecule has 1 atom stereocenters. The number of hydrogen-bond acceptors (Lipinski definition) is 5. The van der Waals surface area contributed by atoms with Crippen molar-refractivity contribution in [1.29, 1.82) is 0 Å². The lowest BCUT2D eigenvalue weighted by atomic mass is 9.89. The van der Waals surface area contributed by atoms with E-state index in [0.29, 0.717) is 0 Å². The van der Waals surface area contributed by atoms with E-state index in [4.69, 9.17) is 5.73 Å². The van der Waals surface area contributed by atoms with Gasteiger partial charge in [0.25, 0.3) is 5.69 Å². The Bertz CT molecular complexity index is 771. The molecule has 0 saturated carbocycles. The molecule has 2 rings (SSSR count). The Hall–Kier alpha value is -2.62. The SMILES string of the molecule is CCOC(=O)C(N)(c1c[nH]c2ccc([N+](=O)[O-])cc12)C(F)(F)F. The lowest BCUT2D eigenvalue weighted by Crippen LogP contribution is -2.57. The van der Waals surface area contributed by atoms with Crippen molar-refractivity contribution in [2.24, 2.45) is 5.73 Å². The maximum Gasteiger partial charge on any atom is 0.421 e. The van der Waals surface area contributed by atoms with Gasteiger partial charge in [-0.25, -0.2) is 4.79 Å². The van der Waals surface area contributed by atoms with Crippen molar-refractivity contribution in [2.45, 2.75) is 18.6 Å². The maximum absolute atomic E-state index is 13.5. The number of nitro benzene ring substituents is 1. The standard InChI is InChI=1S/C13H12F3N3O4/c1-2-23-11(20)12(17,13(14,15)16)9-6-18-10-4-3-7(19(21)22)5-8(9)10/h3-6,18H,2,17H2,1H3. The topological polar surface area (TPSA) is 111 Å². The second kappa shape index (κ2) is 5.54. The zero-order valence-corrected chi connectivity index (χ0v) is 11.8. The molecular formula is C13H12F3N3O4. The summed E-state index contributed by atoms with van der Waals surface area (Å²) >= 11 is 0. The minimum absolute atomic E-state index is 0.174. The van der Waals surface area contributed by atoms with Crippen molar-refractivity contribution in [3.8, 4) is 0 Å². The van der Waals surface area contributed by atoms with Gasteiger partial charge in [-0.3, -0.25) is 10.1 Å². The summed E-state index contributed by atoms with van der Waals surface area (Å²) in [5.41, 5.74) is 1.05. The molecule has 7 nitrogen and oxygen atoms in total. The number of rotatable bonds is 4. The number of H-pyrrole nitrogens is 1. The number of aromatic amines is 1. The number of nitrogens with one attached hydrogen (secondary N) is 1. The maximum atomic E-state index is 13.5. The van der Waals surface area contributed by atoms with Gasteiger partial charge in [0.2, 0.25) is 5.54 Å². The average Bonchev–Trinajstić information content (AvgIpc) is 2.88. The summed E-state index contributed by atoms with van der Waals surface area (Å²) in [6, 6.07) is 3.28. The van der Waals surface area contributed by atoms with Crippen molar-refractivity contribution in [3.05, 3.63) is 40.1 Å². The number of halogens is 3. The van der Waals surface area contributed by atoms with Gasteiger partial charge in [0.15, 0.2) is 0 Å². The number of hydrogen-bond donors (Lipinski definition) is 2. The third-order valence-corrected chi connectivity index (χ3v) is 3.35. The van der Waals surface area contributed by atoms with Gasteiger partial charge in [0, 0.05) is 34.8 Å². The van der Waals surface area contributed by atoms with Gasteiger partial charge >= 0.3 is 12.1 Å². The lowest BCUT2D eigenvalue weighted by molar-refractivity contribution is -0.384. The van der Waals surface area contributed by atoms with Crippen LogP contribution in [-0.4, -0.2) is 28.7 Å². The molecule has 3 N–H and O–H groups in total. The molecule has 23 heavy (non-hydrogen) atoms. The summed E-state index contributed by atoms with van der Waals surface area (Å²) in [6.07, 6.45) is -4.25. The van der Waals surface area contributed by atoms with E-state index in [9.17, 15) is 28.1 Å². The van der Waals surface area contributed by atoms with E-state index in [1.54, 1.807) is 0 Å². The number of alkyl halides is 3. The normalized spacial score (nSPS) is 14.5. The Labute approximate surface area is 127 Å². The van der Waals surface area contributed by atoms with Crippen molar-refractivity contribution in [1.82, 2.24) is 4.98 Å². The van der Waals surface area contributed by atoms with Crippen LogP contribution in [0.4, 0.5) is 18.9 Å². The lowest BCUT2D eigenvalue weighted by Gasteiger charge is -2.29. The smallest absolute Gasteiger partial charge is 0.421 e. The Morgan fingerprint density at radius 2 is 2.09 bits per heavy atom. The predicted octanol–water partition coefficient (Wildman–Crippen LogP) is 2.36. The van der Waals surface area contributed by atoms with E-state index < -0.39 is 33.9 Å². The fourth-order valence-corrected chi connectivity index (χ4v) is 2.17. The number of ether oxygens (including phenoxy) is 1. The number of nitro groups is 1. The monoisotopic (exact) mass is 331 g/mol. The highest BCUT2D eigenvalue weighted by molar-refractivity contribution is 5.94. The van der Waals surface area contributed by atoms with Crippen LogP contribution in [0, 0.1) is 10.1 Å². The largest absolute Gasteiger partial charge is 0.464 e. The quantitative estimate of drug-likeness (QED) is 0.507. The van der Waals surface area contributed by atoms with Gasteiger partial charge in [-0.1, -0.05) is 0 Å². The van der Waals surface area contributed by atoms with E-state index in [1.807, 2.05) is 0 Å². The van der Waals surface area contributed by atoms with E-state index in [2.05, 4.69) is 9.72 Å². The number of esters is 1. The molecule has 1 aromatic carbocycles. The first-order valence-corrected chi connectivity index (χ1v) is 6.41. The molecule has 0 aliphatic heterocycles. The van der Waals surface area contributed by atoms with Crippen molar-refractivity contribution >= 4 is 22.6 Å². The van der Waals surface area contributed by atoms with Crippen LogP contribution >= 0.6 is 0 Å².